The Balaban J connectivity index is 1.96. The molecule has 0 bridgehead atoms. The molecule has 0 aliphatic heterocycles. The van der Waals surface area contributed by atoms with Crippen molar-refractivity contribution in [3.63, 3.8) is 0 Å². The SMILES string of the molecule is CCOC=C(C(=O)OC)c1ccccc1C(=NOC(CC)c1ccccn1)OCC1CC1. The summed E-state index contributed by atoms with van der Waals surface area (Å²) in [5.74, 6) is 0.325. The second-order valence-electron chi connectivity index (χ2n) is 7.43. The highest BCUT2D eigenvalue weighted by atomic mass is 16.7. The number of ether oxygens (including phenoxy) is 3. The van der Waals surface area contributed by atoms with Crippen molar-refractivity contribution in [1.82, 2.24) is 4.98 Å². The van der Waals surface area contributed by atoms with Crippen LogP contribution in [0.1, 0.15) is 56.0 Å². The molecule has 7 nitrogen and oxygen atoms in total. The number of rotatable bonds is 11. The van der Waals surface area contributed by atoms with Crippen LogP contribution in [-0.4, -0.2) is 37.2 Å². The fourth-order valence-electron chi connectivity index (χ4n) is 3.05. The highest BCUT2D eigenvalue weighted by Crippen LogP contribution is 2.30. The molecule has 2 aromatic rings. The van der Waals surface area contributed by atoms with Crippen LogP contribution in [0.5, 0.6) is 0 Å². The van der Waals surface area contributed by atoms with Crippen molar-refractivity contribution in [2.24, 2.45) is 11.1 Å². The van der Waals surface area contributed by atoms with Gasteiger partial charge in [0.1, 0.15) is 5.57 Å². The van der Waals surface area contributed by atoms with E-state index in [-0.39, 0.29) is 11.7 Å². The number of nitrogens with zero attached hydrogens (tertiary/aromatic N) is 2. The fourth-order valence-corrected chi connectivity index (χ4v) is 3.05. The van der Waals surface area contributed by atoms with E-state index in [1.807, 2.05) is 56.3 Å². The van der Waals surface area contributed by atoms with Gasteiger partial charge in [-0.05, 0) is 55.5 Å². The van der Waals surface area contributed by atoms with Crippen LogP contribution in [0, 0.1) is 5.92 Å². The van der Waals surface area contributed by atoms with Gasteiger partial charge in [-0.1, -0.05) is 31.2 Å². The molecule has 32 heavy (non-hydrogen) atoms. The largest absolute Gasteiger partial charge is 0.501 e. The molecular formula is C25H30N2O5. The predicted molar refractivity (Wildman–Crippen MR) is 122 cm³/mol. The molecule has 0 radical (unpaired) electrons. The van der Waals surface area contributed by atoms with E-state index in [2.05, 4.69) is 10.1 Å². The first-order valence-corrected chi connectivity index (χ1v) is 10.9. The van der Waals surface area contributed by atoms with Crippen molar-refractivity contribution in [2.75, 3.05) is 20.3 Å². The number of methoxy groups -OCH3 is 1. The van der Waals surface area contributed by atoms with Crippen LogP contribution in [0.4, 0.5) is 0 Å². The van der Waals surface area contributed by atoms with Crippen molar-refractivity contribution in [3.8, 4) is 0 Å². The number of pyridine rings is 1. The average Bonchev–Trinajstić information content (AvgIpc) is 3.67. The molecule has 1 fully saturated rings. The van der Waals surface area contributed by atoms with Gasteiger partial charge in [0.2, 0.25) is 0 Å². The zero-order valence-electron chi connectivity index (χ0n) is 18.8. The summed E-state index contributed by atoms with van der Waals surface area (Å²) in [4.78, 5) is 22.7. The normalized spacial score (nSPS) is 15.1. The molecule has 3 rings (SSSR count). The van der Waals surface area contributed by atoms with E-state index in [0.717, 1.165) is 18.5 Å². The lowest BCUT2D eigenvalue weighted by molar-refractivity contribution is -0.133. The first kappa shape index (κ1) is 23.3. The highest BCUT2D eigenvalue weighted by molar-refractivity contribution is 6.19. The van der Waals surface area contributed by atoms with Gasteiger partial charge in [0.25, 0.3) is 5.90 Å². The van der Waals surface area contributed by atoms with Crippen LogP contribution in [-0.2, 0) is 23.8 Å². The minimum atomic E-state index is -0.506. The molecule has 0 N–H and O–H groups in total. The minimum Gasteiger partial charge on any atom is -0.501 e. The molecule has 1 aromatic heterocycles. The molecule has 1 heterocycles. The van der Waals surface area contributed by atoms with Crippen LogP contribution < -0.4 is 0 Å². The van der Waals surface area contributed by atoms with E-state index in [9.17, 15) is 4.79 Å². The van der Waals surface area contributed by atoms with Gasteiger partial charge in [-0.2, -0.15) is 0 Å². The molecule has 1 aromatic carbocycles. The second kappa shape index (κ2) is 11.9. The zero-order valence-corrected chi connectivity index (χ0v) is 18.8. The van der Waals surface area contributed by atoms with Crippen LogP contribution >= 0.6 is 0 Å². The predicted octanol–water partition coefficient (Wildman–Crippen LogP) is 4.89. The lowest BCUT2D eigenvalue weighted by Gasteiger charge is -2.17. The standard InChI is InChI=1S/C25H30N2O5/c1-4-23(22-12-8-9-15-26-22)32-27-24(31-16-18-13-14-18)20-11-7-6-10-19(20)21(17-30-5-2)25(28)29-3/h6-12,15,17-18,23H,4-5,13-14,16H2,1-3H3. The second-order valence-corrected chi connectivity index (χ2v) is 7.43. The summed E-state index contributed by atoms with van der Waals surface area (Å²) in [5, 5.41) is 4.38. The Morgan fingerprint density at radius 3 is 2.53 bits per heavy atom. The minimum absolute atomic E-state index is 0.282. The fraction of sp³-hybridized carbons (Fsp3) is 0.400. The lowest BCUT2D eigenvalue weighted by Crippen LogP contribution is -2.15. The van der Waals surface area contributed by atoms with Gasteiger partial charge in [-0.15, -0.1) is 0 Å². The van der Waals surface area contributed by atoms with Gasteiger partial charge in [0, 0.05) is 17.3 Å². The van der Waals surface area contributed by atoms with E-state index in [0.29, 0.717) is 42.6 Å². The van der Waals surface area contributed by atoms with E-state index in [1.54, 1.807) is 6.20 Å². The molecule has 0 spiro atoms. The quantitative estimate of drug-likeness (QED) is 0.124. The number of oxime groups is 1. The molecule has 1 atom stereocenters. The highest BCUT2D eigenvalue weighted by Gasteiger charge is 2.26. The number of benzene rings is 1. The Hall–Kier alpha value is -3.35. The van der Waals surface area contributed by atoms with E-state index < -0.39 is 5.97 Å². The zero-order chi connectivity index (χ0) is 22.8. The number of aromatic nitrogens is 1. The third-order valence-electron chi connectivity index (χ3n) is 5.02. The topological polar surface area (TPSA) is 79.2 Å². The summed E-state index contributed by atoms with van der Waals surface area (Å²) < 4.78 is 16.5. The van der Waals surface area contributed by atoms with E-state index >= 15 is 0 Å². The van der Waals surface area contributed by atoms with Crippen LogP contribution in [0.15, 0.2) is 60.1 Å². The summed E-state index contributed by atoms with van der Waals surface area (Å²) in [7, 11) is 1.34. The molecule has 1 saturated carbocycles. The summed E-state index contributed by atoms with van der Waals surface area (Å²) in [6.07, 6.45) is 5.79. The Kier molecular flexibility index (Phi) is 8.66. The molecule has 0 amide bonds. The number of hydrogen-bond donors (Lipinski definition) is 0. The number of esters is 1. The maximum Gasteiger partial charge on any atom is 0.341 e. The van der Waals surface area contributed by atoms with Crippen LogP contribution in [0.3, 0.4) is 0 Å². The Morgan fingerprint density at radius 1 is 1.16 bits per heavy atom. The molecule has 170 valence electrons. The van der Waals surface area contributed by atoms with Gasteiger partial charge in [0.15, 0.2) is 6.10 Å². The molecular weight excluding hydrogens is 408 g/mol. The summed E-state index contributed by atoms with van der Waals surface area (Å²) >= 11 is 0. The number of carbonyl (C=O) groups excluding carboxylic acids is 1. The van der Waals surface area contributed by atoms with Gasteiger partial charge >= 0.3 is 5.97 Å². The van der Waals surface area contributed by atoms with Crippen molar-refractivity contribution < 1.29 is 23.8 Å². The smallest absolute Gasteiger partial charge is 0.341 e. The van der Waals surface area contributed by atoms with Crippen LogP contribution in [0.2, 0.25) is 0 Å². The lowest BCUT2D eigenvalue weighted by atomic mass is 10.0. The molecule has 7 heteroatoms. The molecule has 1 aliphatic rings. The van der Waals surface area contributed by atoms with Crippen molar-refractivity contribution in [2.45, 2.75) is 39.2 Å². The van der Waals surface area contributed by atoms with Gasteiger partial charge in [0.05, 0.1) is 32.3 Å². The maximum atomic E-state index is 12.5. The summed E-state index contributed by atoms with van der Waals surface area (Å²) in [5.41, 5.74) is 2.29. The Morgan fingerprint density at radius 2 is 1.91 bits per heavy atom. The van der Waals surface area contributed by atoms with Gasteiger partial charge in [-0.3, -0.25) is 4.98 Å². The van der Waals surface area contributed by atoms with Gasteiger partial charge < -0.3 is 19.0 Å². The molecule has 1 unspecified atom stereocenters. The van der Waals surface area contributed by atoms with Crippen molar-refractivity contribution >= 4 is 17.4 Å². The summed E-state index contributed by atoms with van der Waals surface area (Å²) in [6, 6.07) is 13.0. The van der Waals surface area contributed by atoms with Gasteiger partial charge in [-0.25, -0.2) is 4.79 Å². The number of carbonyl (C=O) groups is 1. The molecule has 1 aliphatic carbocycles. The monoisotopic (exact) mass is 438 g/mol. The molecule has 0 saturated heterocycles. The Bertz CT molecular complexity index is 938. The average molecular weight is 439 g/mol. The van der Waals surface area contributed by atoms with Crippen molar-refractivity contribution in [1.29, 1.82) is 0 Å². The summed E-state index contributed by atoms with van der Waals surface area (Å²) in [6.45, 7) is 4.82. The Labute approximate surface area is 189 Å². The number of hydrogen-bond acceptors (Lipinski definition) is 7. The van der Waals surface area contributed by atoms with E-state index in [4.69, 9.17) is 19.0 Å². The first-order chi connectivity index (χ1) is 15.7. The van der Waals surface area contributed by atoms with E-state index in [1.165, 1.54) is 13.4 Å². The van der Waals surface area contributed by atoms with Crippen molar-refractivity contribution in [3.05, 3.63) is 71.7 Å². The van der Waals surface area contributed by atoms with Crippen LogP contribution in [0.25, 0.3) is 5.57 Å². The maximum absolute atomic E-state index is 12.5. The third-order valence-corrected chi connectivity index (χ3v) is 5.02. The third kappa shape index (κ3) is 6.33. The first-order valence-electron chi connectivity index (χ1n) is 10.9.